The zero-order chi connectivity index (χ0) is 20.5. The molecule has 4 rings (SSSR count). The lowest BCUT2D eigenvalue weighted by Crippen LogP contribution is -2.49. The number of aromatic nitrogens is 3. The molecule has 2 fully saturated rings. The predicted octanol–water partition coefficient (Wildman–Crippen LogP) is 4.37. The molecule has 2 aliphatic rings. The maximum absolute atomic E-state index is 12.5. The van der Waals surface area contributed by atoms with Gasteiger partial charge in [-0.15, -0.1) is 13.2 Å². The van der Waals surface area contributed by atoms with Crippen molar-refractivity contribution >= 4 is 17.3 Å². The number of ether oxygens (including phenoxy) is 2. The lowest BCUT2D eigenvalue weighted by atomic mass is 9.81. The van der Waals surface area contributed by atoms with Crippen LogP contribution in [0.4, 0.5) is 18.9 Å². The molecule has 1 aromatic carbocycles. The van der Waals surface area contributed by atoms with E-state index in [9.17, 15) is 13.2 Å². The first-order valence-corrected chi connectivity index (χ1v) is 9.98. The second kappa shape index (κ2) is 8.02. The summed E-state index contributed by atoms with van der Waals surface area (Å²) in [6.45, 7) is 2.01. The number of halogens is 4. The van der Waals surface area contributed by atoms with Crippen molar-refractivity contribution in [3.8, 4) is 5.75 Å². The first-order valence-electron chi connectivity index (χ1n) is 9.60. The zero-order valence-electron chi connectivity index (χ0n) is 15.7. The van der Waals surface area contributed by atoms with Gasteiger partial charge in [-0.3, -0.25) is 5.10 Å². The third-order valence-electron chi connectivity index (χ3n) is 5.75. The number of hydrogen-bond acceptors (Lipinski definition) is 5. The van der Waals surface area contributed by atoms with Crippen molar-refractivity contribution in [1.29, 1.82) is 0 Å². The fourth-order valence-corrected chi connectivity index (χ4v) is 4.40. The SMILES string of the molecule is FC(F)(F)Oc1ccc(Cl)c(N2CCC3(CCC(Cc4ncn[nH]4)CO3)CC2)c1. The van der Waals surface area contributed by atoms with Crippen molar-refractivity contribution in [3.63, 3.8) is 0 Å². The summed E-state index contributed by atoms with van der Waals surface area (Å²) in [7, 11) is 0. The Bertz CT molecular complexity index is 813. The van der Waals surface area contributed by atoms with E-state index in [-0.39, 0.29) is 11.4 Å². The monoisotopic (exact) mass is 430 g/mol. The Morgan fingerprint density at radius 1 is 1.28 bits per heavy atom. The second-order valence-corrected chi connectivity index (χ2v) is 8.09. The van der Waals surface area contributed by atoms with E-state index in [4.69, 9.17) is 16.3 Å². The minimum absolute atomic E-state index is 0.166. The van der Waals surface area contributed by atoms with E-state index in [0.717, 1.165) is 37.9 Å². The molecule has 2 aromatic rings. The fraction of sp³-hybridized carbons (Fsp3) is 0.579. The summed E-state index contributed by atoms with van der Waals surface area (Å²) in [6, 6.07) is 4.01. The summed E-state index contributed by atoms with van der Waals surface area (Å²) in [5.74, 6) is 1.03. The lowest BCUT2D eigenvalue weighted by Gasteiger charge is -2.46. The van der Waals surface area contributed by atoms with E-state index in [1.54, 1.807) is 0 Å². The number of hydrogen-bond donors (Lipinski definition) is 1. The van der Waals surface area contributed by atoms with Crippen LogP contribution < -0.4 is 9.64 Å². The van der Waals surface area contributed by atoms with Gasteiger partial charge in [0.1, 0.15) is 17.9 Å². The van der Waals surface area contributed by atoms with E-state index in [0.29, 0.717) is 36.3 Å². The van der Waals surface area contributed by atoms with Crippen LogP contribution in [-0.4, -0.2) is 46.8 Å². The first kappa shape index (κ1) is 20.3. The molecular weight excluding hydrogens is 409 g/mol. The molecule has 0 amide bonds. The molecule has 0 radical (unpaired) electrons. The molecule has 1 spiro atoms. The number of nitrogens with one attached hydrogen (secondary N) is 1. The number of nitrogens with zero attached hydrogens (tertiary/aromatic N) is 3. The number of alkyl halides is 3. The molecule has 2 saturated heterocycles. The van der Waals surface area contributed by atoms with Crippen molar-refractivity contribution in [2.75, 3.05) is 24.6 Å². The van der Waals surface area contributed by atoms with Crippen molar-refractivity contribution in [1.82, 2.24) is 15.2 Å². The topological polar surface area (TPSA) is 63.3 Å². The Morgan fingerprint density at radius 3 is 2.69 bits per heavy atom. The summed E-state index contributed by atoms with van der Waals surface area (Å²) >= 11 is 6.24. The van der Waals surface area contributed by atoms with Gasteiger partial charge in [-0.2, -0.15) is 5.10 Å². The van der Waals surface area contributed by atoms with Gasteiger partial charge in [0.15, 0.2) is 0 Å². The van der Waals surface area contributed by atoms with E-state index in [1.165, 1.54) is 24.5 Å². The zero-order valence-corrected chi connectivity index (χ0v) is 16.5. The van der Waals surface area contributed by atoms with Crippen LogP contribution in [0.1, 0.15) is 31.5 Å². The highest BCUT2D eigenvalue weighted by molar-refractivity contribution is 6.33. The van der Waals surface area contributed by atoms with Gasteiger partial charge in [0, 0.05) is 25.6 Å². The van der Waals surface area contributed by atoms with Crippen LogP contribution in [0.3, 0.4) is 0 Å². The Labute approximate surface area is 171 Å². The molecule has 0 saturated carbocycles. The molecule has 158 valence electrons. The van der Waals surface area contributed by atoms with E-state index >= 15 is 0 Å². The summed E-state index contributed by atoms with van der Waals surface area (Å²) < 4.78 is 47.8. The van der Waals surface area contributed by atoms with Crippen molar-refractivity contribution < 1.29 is 22.6 Å². The average Bonchev–Trinajstić information content (AvgIpc) is 3.18. The largest absolute Gasteiger partial charge is 0.573 e. The van der Waals surface area contributed by atoms with Gasteiger partial charge < -0.3 is 14.4 Å². The first-order chi connectivity index (χ1) is 13.8. The Morgan fingerprint density at radius 2 is 2.07 bits per heavy atom. The molecular formula is C19H22ClF3N4O2. The van der Waals surface area contributed by atoms with Crippen molar-refractivity contribution in [3.05, 3.63) is 35.4 Å². The highest BCUT2D eigenvalue weighted by Crippen LogP contribution is 2.40. The third kappa shape index (κ3) is 4.95. The van der Waals surface area contributed by atoms with Crippen LogP contribution >= 0.6 is 11.6 Å². The van der Waals surface area contributed by atoms with Crippen molar-refractivity contribution in [2.24, 2.45) is 5.92 Å². The number of benzene rings is 1. The van der Waals surface area contributed by atoms with Crippen LogP contribution in [0.5, 0.6) is 5.75 Å². The minimum atomic E-state index is -4.73. The van der Waals surface area contributed by atoms with Gasteiger partial charge in [-0.25, -0.2) is 4.98 Å². The highest BCUT2D eigenvalue weighted by atomic mass is 35.5. The maximum Gasteiger partial charge on any atom is 0.573 e. The van der Waals surface area contributed by atoms with Crippen LogP contribution in [0.2, 0.25) is 5.02 Å². The molecule has 10 heteroatoms. The second-order valence-electron chi connectivity index (χ2n) is 7.68. The average molecular weight is 431 g/mol. The summed E-state index contributed by atoms with van der Waals surface area (Å²) in [5.41, 5.74) is 0.392. The van der Waals surface area contributed by atoms with E-state index < -0.39 is 6.36 Å². The molecule has 1 N–H and O–H groups in total. The number of rotatable bonds is 4. The number of piperidine rings is 1. The normalized spacial score (nSPS) is 22.1. The quantitative estimate of drug-likeness (QED) is 0.780. The molecule has 29 heavy (non-hydrogen) atoms. The van der Waals surface area contributed by atoms with Crippen molar-refractivity contribution in [2.45, 2.75) is 44.1 Å². The minimum Gasteiger partial charge on any atom is -0.406 e. The van der Waals surface area contributed by atoms with Gasteiger partial charge in [-0.1, -0.05) is 11.6 Å². The molecule has 3 heterocycles. The lowest BCUT2D eigenvalue weighted by molar-refractivity contribution is -0.274. The molecule has 1 unspecified atom stereocenters. The Hall–Kier alpha value is -2.00. The molecule has 0 aliphatic carbocycles. The summed E-state index contributed by atoms with van der Waals surface area (Å²) in [4.78, 5) is 6.17. The van der Waals surface area contributed by atoms with Crippen LogP contribution in [0.15, 0.2) is 24.5 Å². The van der Waals surface area contributed by atoms with Gasteiger partial charge in [0.25, 0.3) is 0 Å². The third-order valence-corrected chi connectivity index (χ3v) is 6.07. The number of anilines is 1. The van der Waals surface area contributed by atoms with Gasteiger partial charge in [0.2, 0.25) is 0 Å². The number of H-pyrrole nitrogens is 1. The van der Waals surface area contributed by atoms with Gasteiger partial charge in [-0.05, 0) is 43.7 Å². The Kier molecular flexibility index (Phi) is 5.61. The molecule has 1 atom stereocenters. The summed E-state index contributed by atoms with van der Waals surface area (Å²) in [5, 5.41) is 7.17. The van der Waals surface area contributed by atoms with E-state index in [1.807, 2.05) is 4.90 Å². The standard InChI is InChI=1S/C19H22ClF3N4O2/c20-15-2-1-14(29-19(21,22)23)10-16(15)27-7-5-18(6-8-27)4-3-13(11-28-18)9-17-24-12-25-26-17/h1-2,10,12-13H,3-9,11H2,(H,24,25,26). The maximum atomic E-state index is 12.5. The molecule has 1 aromatic heterocycles. The highest BCUT2D eigenvalue weighted by Gasteiger charge is 2.40. The molecule has 0 bridgehead atoms. The van der Waals surface area contributed by atoms with Crippen LogP contribution in [-0.2, 0) is 11.2 Å². The molecule has 6 nitrogen and oxygen atoms in total. The van der Waals surface area contributed by atoms with Gasteiger partial charge in [0.05, 0.1) is 22.9 Å². The smallest absolute Gasteiger partial charge is 0.406 e. The number of aromatic amines is 1. The van der Waals surface area contributed by atoms with Crippen LogP contribution in [0.25, 0.3) is 0 Å². The van der Waals surface area contributed by atoms with Crippen LogP contribution in [0, 0.1) is 5.92 Å². The van der Waals surface area contributed by atoms with E-state index in [2.05, 4.69) is 19.9 Å². The fourth-order valence-electron chi connectivity index (χ4n) is 4.16. The predicted molar refractivity (Wildman–Crippen MR) is 101 cm³/mol. The van der Waals surface area contributed by atoms with Gasteiger partial charge >= 0.3 is 6.36 Å². The molecule has 2 aliphatic heterocycles. The summed E-state index contributed by atoms with van der Waals surface area (Å²) in [6.07, 6.45) is 1.24. The Balaban J connectivity index is 1.34.